The van der Waals surface area contributed by atoms with E-state index in [1.54, 1.807) is 12.4 Å². The second kappa shape index (κ2) is 6.49. The van der Waals surface area contributed by atoms with Gasteiger partial charge in [0.25, 0.3) is 0 Å². The minimum Gasteiger partial charge on any atom is -0.337 e. The molecule has 108 valence electrons. The van der Waals surface area contributed by atoms with E-state index >= 15 is 0 Å². The number of hydrogen-bond acceptors (Lipinski definition) is 4. The van der Waals surface area contributed by atoms with Gasteiger partial charge in [0, 0.05) is 25.5 Å². The van der Waals surface area contributed by atoms with E-state index in [9.17, 15) is 8.42 Å². The molecule has 19 heavy (non-hydrogen) atoms. The predicted molar refractivity (Wildman–Crippen MR) is 74.1 cm³/mol. The molecule has 6 nitrogen and oxygen atoms in total. The zero-order valence-corrected chi connectivity index (χ0v) is 12.1. The molecule has 1 fully saturated rings. The topological polar surface area (TPSA) is 76.0 Å². The molecule has 0 atom stereocenters. The van der Waals surface area contributed by atoms with E-state index in [1.807, 2.05) is 11.6 Å². The van der Waals surface area contributed by atoms with E-state index in [-0.39, 0.29) is 12.3 Å². The molecule has 7 heteroatoms. The van der Waals surface area contributed by atoms with Crippen molar-refractivity contribution in [3.05, 3.63) is 18.2 Å². The number of unbranched alkanes of at least 4 members (excludes halogenated alkanes) is 1. The van der Waals surface area contributed by atoms with Crippen molar-refractivity contribution in [1.82, 2.24) is 19.6 Å². The molecule has 1 heterocycles. The van der Waals surface area contributed by atoms with E-state index in [0.717, 1.165) is 18.8 Å². The van der Waals surface area contributed by atoms with Gasteiger partial charge in [0.15, 0.2) is 0 Å². The van der Waals surface area contributed by atoms with Crippen LogP contribution in [0.2, 0.25) is 0 Å². The molecule has 1 aromatic rings. The van der Waals surface area contributed by atoms with Crippen molar-refractivity contribution in [2.45, 2.75) is 38.3 Å². The Morgan fingerprint density at radius 3 is 2.84 bits per heavy atom. The zero-order chi connectivity index (χ0) is 13.7. The Bertz CT molecular complexity index is 494. The summed E-state index contributed by atoms with van der Waals surface area (Å²) in [5.41, 5.74) is 0. The SMILES string of the molecule is Cn1ccnc1CNS(=O)(=O)CCCCNC1CC1. The van der Waals surface area contributed by atoms with Crippen LogP contribution in [0.1, 0.15) is 31.5 Å². The van der Waals surface area contributed by atoms with Gasteiger partial charge in [-0.15, -0.1) is 0 Å². The second-order valence-electron chi connectivity index (χ2n) is 5.03. The highest BCUT2D eigenvalue weighted by Crippen LogP contribution is 2.18. The maximum Gasteiger partial charge on any atom is 0.212 e. The van der Waals surface area contributed by atoms with E-state index < -0.39 is 10.0 Å². The molecular weight excluding hydrogens is 264 g/mol. The summed E-state index contributed by atoms with van der Waals surface area (Å²) in [5, 5.41) is 3.38. The van der Waals surface area contributed by atoms with Gasteiger partial charge < -0.3 is 9.88 Å². The van der Waals surface area contributed by atoms with Gasteiger partial charge in [-0.05, 0) is 32.2 Å². The lowest BCUT2D eigenvalue weighted by Gasteiger charge is -2.07. The fourth-order valence-corrected chi connectivity index (χ4v) is 2.90. The number of aromatic nitrogens is 2. The first kappa shape index (κ1) is 14.5. The van der Waals surface area contributed by atoms with Crippen LogP contribution in [-0.4, -0.2) is 36.3 Å². The smallest absolute Gasteiger partial charge is 0.212 e. The summed E-state index contributed by atoms with van der Waals surface area (Å²) in [6.45, 7) is 1.17. The van der Waals surface area contributed by atoms with Crippen LogP contribution in [0, 0.1) is 0 Å². The van der Waals surface area contributed by atoms with Crippen LogP contribution in [0.15, 0.2) is 12.4 Å². The summed E-state index contributed by atoms with van der Waals surface area (Å²) >= 11 is 0. The van der Waals surface area contributed by atoms with Gasteiger partial charge in [-0.25, -0.2) is 18.1 Å². The lowest BCUT2D eigenvalue weighted by Crippen LogP contribution is -2.27. The van der Waals surface area contributed by atoms with Crippen LogP contribution in [0.25, 0.3) is 0 Å². The van der Waals surface area contributed by atoms with E-state index in [0.29, 0.717) is 12.5 Å². The van der Waals surface area contributed by atoms with Crippen LogP contribution in [0.4, 0.5) is 0 Å². The van der Waals surface area contributed by atoms with Crippen LogP contribution >= 0.6 is 0 Å². The monoisotopic (exact) mass is 286 g/mol. The Labute approximate surface area is 114 Å². The first-order valence-corrected chi connectivity index (χ1v) is 8.39. The summed E-state index contributed by atoms with van der Waals surface area (Å²) in [7, 11) is -1.34. The third kappa shape index (κ3) is 5.30. The lowest BCUT2D eigenvalue weighted by molar-refractivity contribution is 0.569. The van der Waals surface area contributed by atoms with Gasteiger partial charge in [-0.3, -0.25) is 0 Å². The number of nitrogens with one attached hydrogen (secondary N) is 2. The normalized spacial score (nSPS) is 15.8. The molecule has 0 bridgehead atoms. The molecule has 2 rings (SSSR count). The van der Waals surface area contributed by atoms with E-state index in [4.69, 9.17) is 0 Å². The zero-order valence-electron chi connectivity index (χ0n) is 11.3. The Morgan fingerprint density at radius 2 is 2.21 bits per heavy atom. The number of nitrogens with zero attached hydrogens (tertiary/aromatic N) is 2. The first-order chi connectivity index (χ1) is 9.07. The number of rotatable bonds is 9. The summed E-state index contributed by atoms with van der Waals surface area (Å²) in [5.74, 6) is 0.906. The molecule has 0 aliphatic heterocycles. The van der Waals surface area contributed by atoms with Crippen LogP contribution in [0.3, 0.4) is 0 Å². The average molecular weight is 286 g/mol. The van der Waals surface area contributed by atoms with Crippen molar-refractivity contribution in [3.8, 4) is 0 Å². The van der Waals surface area contributed by atoms with Crippen molar-refractivity contribution in [3.63, 3.8) is 0 Å². The molecule has 1 aliphatic carbocycles. The minimum absolute atomic E-state index is 0.184. The van der Waals surface area contributed by atoms with E-state index in [2.05, 4.69) is 15.0 Å². The summed E-state index contributed by atoms with van der Waals surface area (Å²) in [4.78, 5) is 4.08. The van der Waals surface area contributed by atoms with Gasteiger partial charge in [-0.2, -0.15) is 0 Å². The Kier molecular flexibility index (Phi) is 4.95. The quantitative estimate of drug-likeness (QED) is 0.643. The van der Waals surface area contributed by atoms with E-state index in [1.165, 1.54) is 12.8 Å². The Balaban J connectivity index is 1.62. The number of hydrogen-bond donors (Lipinski definition) is 2. The van der Waals surface area contributed by atoms with Crippen molar-refractivity contribution < 1.29 is 8.42 Å². The summed E-state index contributed by atoms with van der Waals surface area (Å²) in [6.07, 6.45) is 7.59. The largest absolute Gasteiger partial charge is 0.337 e. The molecule has 0 radical (unpaired) electrons. The van der Waals surface area contributed by atoms with Crippen LogP contribution in [-0.2, 0) is 23.6 Å². The van der Waals surface area contributed by atoms with Crippen molar-refractivity contribution in [2.24, 2.45) is 7.05 Å². The second-order valence-corrected chi connectivity index (χ2v) is 6.96. The van der Waals surface area contributed by atoms with Gasteiger partial charge in [-0.1, -0.05) is 0 Å². The number of aryl methyl sites for hydroxylation is 1. The fraction of sp³-hybridized carbons (Fsp3) is 0.750. The van der Waals surface area contributed by atoms with Gasteiger partial charge in [0.1, 0.15) is 5.82 Å². The Morgan fingerprint density at radius 1 is 1.42 bits per heavy atom. The molecule has 0 spiro atoms. The first-order valence-electron chi connectivity index (χ1n) is 6.74. The molecular formula is C12H22N4O2S. The number of imidazole rings is 1. The summed E-state index contributed by atoms with van der Waals surface area (Å²) < 4.78 is 27.9. The molecule has 0 aromatic carbocycles. The Hall–Kier alpha value is -0.920. The molecule has 2 N–H and O–H groups in total. The average Bonchev–Trinajstić information content (AvgIpc) is 3.08. The number of sulfonamides is 1. The predicted octanol–water partition coefficient (Wildman–Crippen LogP) is 0.372. The van der Waals surface area contributed by atoms with Gasteiger partial charge >= 0.3 is 0 Å². The minimum atomic E-state index is -3.19. The third-order valence-corrected chi connectivity index (χ3v) is 4.63. The maximum atomic E-state index is 11.8. The standard InChI is InChI=1S/C12H22N4O2S/c1-16-8-7-14-12(16)10-15-19(17,18)9-3-2-6-13-11-4-5-11/h7-8,11,13,15H,2-6,9-10H2,1H3. The van der Waals surface area contributed by atoms with Gasteiger partial charge in [0.2, 0.25) is 10.0 Å². The molecule has 0 saturated heterocycles. The highest BCUT2D eigenvalue weighted by Gasteiger charge is 2.19. The van der Waals surface area contributed by atoms with Crippen LogP contribution < -0.4 is 10.0 Å². The lowest BCUT2D eigenvalue weighted by atomic mass is 10.3. The molecule has 1 saturated carbocycles. The van der Waals surface area contributed by atoms with Crippen molar-refractivity contribution in [2.75, 3.05) is 12.3 Å². The van der Waals surface area contributed by atoms with Crippen molar-refractivity contribution in [1.29, 1.82) is 0 Å². The highest BCUT2D eigenvalue weighted by atomic mass is 32.2. The van der Waals surface area contributed by atoms with Gasteiger partial charge in [0.05, 0.1) is 12.3 Å². The maximum absolute atomic E-state index is 11.8. The fourth-order valence-electron chi connectivity index (χ4n) is 1.82. The highest BCUT2D eigenvalue weighted by molar-refractivity contribution is 7.89. The molecule has 0 unspecified atom stereocenters. The summed E-state index contributed by atoms with van der Waals surface area (Å²) in [6, 6.07) is 0.693. The van der Waals surface area contributed by atoms with Crippen LogP contribution in [0.5, 0.6) is 0 Å². The van der Waals surface area contributed by atoms with Crippen molar-refractivity contribution >= 4 is 10.0 Å². The molecule has 1 aromatic heterocycles. The molecule has 0 amide bonds. The molecule has 1 aliphatic rings. The third-order valence-electron chi connectivity index (χ3n) is 3.22.